The van der Waals surface area contributed by atoms with Crippen LogP contribution in [-0.4, -0.2) is 9.97 Å². The maximum Gasteiger partial charge on any atom is 0.417 e. The molecule has 3 nitrogen and oxygen atoms in total. The molecule has 21 heavy (non-hydrogen) atoms. The number of nitrogens with zero attached hydrogens (tertiary/aromatic N) is 1. The van der Waals surface area contributed by atoms with Gasteiger partial charge in [0.05, 0.1) is 11.6 Å². The molecule has 2 aromatic rings. The van der Waals surface area contributed by atoms with E-state index in [9.17, 15) is 13.2 Å². The first-order valence-electron chi connectivity index (χ1n) is 5.96. The summed E-state index contributed by atoms with van der Waals surface area (Å²) in [5.41, 5.74) is 4.66. The first kappa shape index (κ1) is 15.7. The molecule has 112 valence electrons. The fraction of sp³-hybridized carbons (Fsp3) is 0.231. The van der Waals surface area contributed by atoms with E-state index in [0.717, 1.165) is 11.1 Å². The second-order valence-electron chi connectivity index (χ2n) is 4.36. The summed E-state index contributed by atoms with van der Waals surface area (Å²) in [7, 11) is 0. The van der Waals surface area contributed by atoms with Gasteiger partial charge < -0.3 is 11.1 Å². The Labute approximate surface area is 129 Å². The Morgan fingerprint density at radius 2 is 2.14 bits per heavy atom. The van der Waals surface area contributed by atoms with E-state index in [4.69, 9.17) is 5.73 Å². The van der Waals surface area contributed by atoms with Crippen molar-refractivity contribution in [2.75, 3.05) is 5.32 Å². The van der Waals surface area contributed by atoms with Crippen LogP contribution in [-0.2, 0) is 6.18 Å². The Hall–Kier alpha value is -1.67. The quantitative estimate of drug-likeness (QED) is 0.833. The minimum atomic E-state index is -4.51. The predicted octanol–water partition coefficient (Wildman–Crippen LogP) is 3.97. The average Bonchev–Trinajstić information content (AvgIpc) is 2.91. The summed E-state index contributed by atoms with van der Waals surface area (Å²) in [6.45, 7) is 1.83. The van der Waals surface area contributed by atoms with Crippen LogP contribution in [0.25, 0.3) is 0 Å². The molecule has 0 saturated carbocycles. The fourth-order valence-electron chi connectivity index (χ4n) is 1.84. The Bertz CT molecular complexity index is 639. The molecule has 1 heterocycles. The van der Waals surface area contributed by atoms with Crippen molar-refractivity contribution in [1.82, 2.24) is 4.98 Å². The van der Waals surface area contributed by atoms with E-state index in [-0.39, 0.29) is 16.6 Å². The second-order valence-corrected chi connectivity index (χ2v) is 5.72. The summed E-state index contributed by atoms with van der Waals surface area (Å²) in [6.07, 6.45) is -2.86. The summed E-state index contributed by atoms with van der Waals surface area (Å²) < 4.78 is 39.1. The third-order valence-electron chi connectivity index (χ3n) is 2.80. The zero-order chi connectivity index (χ0) is 15.6. The van der Waals surface area contributed by atoms with E-state index in [1.165, 1.54) is 23.5 Å². The molecule has 0 aliphatic carbocycles. The summed E-state index contributed by atoms with van der Waals surface area (Å²) >= 11 is 6.09. The monoisotopic (exact) mass is 331 g/mol. The van der Waals surface area contributed by atoms with Gasteiger partial charge in [-0.1, -0.05) is 12.2 Å². The maximum atomic E-state index is 13.0. The van der Waals surface area contributed by atoms with Crippen LogP contribution < -0.4 is 11.1 Å². The van der Waals surface area contributed by atoms with Crippen LogP contribution in [0.1, 0.15) is 29.1 Å². The molecule has 0 spiro atoms. The number of alkyl halides is 3. The SMILES string of the molecule is CC(Nc1ccc(C(N)=S)c(C(F)(F)F)c1)c1nccs1. The van der Waals surface area contributed by atoms with Gasteiger partial charge in [0, 0.05) is 22.8 Å². The van der Waals surface area contributed by atoms with Crippen molar-refractivity contribution in [2.24, 2.45) is 5.73 Å². The second kappa shape index (κ2) is 5.98. The van der Waals surface area contributed by atoms with E-state index < -0.39 is 11.7 Å². The van der Waals surface area contributed by atoms with Gasteiger partial charge in [-0.05, 0) is 25.1 Å². The van der Waals surface area contributed by atoms with Gasteiger partial charge >= 0.3 is 6.18 Å². The number of nitrogens with two attached hydrogens (primary N) is 1. The van der Waals surface area contributed by atoms with E-state index in [2.05, 4.69) is 22.5 Å². The van der Waals surface area contributed by atoms with E-state index in [1.54, 1.807) is 6.20 Å². The van der Waals surface area contributed by atoms with Gasteiger partial charge in [0.2, 0.25) is 0 Å². The van der Waals surface area contributed by atoms with Gasteiger partial charge in [-0.15, -0.1) is 11.3 Å². The van der Waals surface area contributed by atoms with Crippen LogP contribution in [0, 0.1) is 0 Å². The van der Waals surface area contributed by atoms with E-state index >= 15 is 0 Å². The molecule has 3 N–H and O–H groups in total. The third-order valence-corrected chi connectivity index (χ3v) is 3.97. The van der Waals surface area contributed by atoms with Gasteiger partial charge in [0.25, 0.3) is 0 Å². The van der Waals surface area contributed by atoms with Crippen LogP contribution in [0.4, 0.5) is 18.9 Å². The molecule has 0 fully saturated rings. The van der Waals surface area contributed by atoms with E-state index in [0.29, 0.717) is 5.69 Å². The highest BCUT2D eigenvalue weighted by Gasteiger charge is 2.34. The summed E-state index contributed by atoms with van der Waals surface area (Å²) in [4.78, 5) is 3.85. The zero-order valence-corrected chi connectivity index (χ0v) is 12.6. The molecule has 0 bridgehead atoms. The number of thiocarbonyl (C=S) groups is 1. The molecule has 8 heteroatoms. The number of rotatable bonds is 4. The number of hydrogen-bond acceptors (Lipinski definition) is 4. The highest BCUT2D eigenvalue weighted by atomic mass is 32.1. The van der Waals surface area contributed by atoms with Crippen molar-refractivity contribution in [2.45, 2.75) is 19.1 Å². The molecular formula is C13H12F3N3S2. The topological polar surface area (TPSA) is 50.9 Å². The molecule has 1 atom stereocenters. The molecule has 2 rings (SSSR count). The lowest BCUT2D eigenvalue weighted by Crippen LogP contribution is -2.18. The highest BCUT2D eigenvalue weighted by molar-refractivity contribution is 7.80. The fourth-order valence-corrected chi connectivity index (χ4v) is 2.67. The molecule has 1 unspecified atom stereocenters. The first-order chi connectivity index (χ1) is 9.79. The minimum Gasteiger partial charge on any atom is -0.389 e. The number of hydrogen-bond donors (Lipinski definition) is 2. The van der Waals surface area contributed by atoms with Crippen molar-refractivity contribution >= 4 is 34.2 Å². The lowest BCUT2D eigenvalue weighted by molar-refractivity contribution is -0.137. The zero-order valence-electron chi connectivity index (χ0n) is 10.9. The van der Waals surface area contributed by atoms with Crippen molar-refractivity contribution in [3.05, 3.63) is 45.9 Å². The molecule has 0 aliphatic heterocycles. The first-order valence-corrected chi connectivity index (χ1v) is 7.25. The standard InChI is InChI=1S/C13H12F3N3S2/c1-7(12-18-4-5-21-12)19-8-2-3-9(11(17)20)10(6-8)13(14,15)16/h2-7,19H,1H3,(H2,17,20). The Kier molecular flexibility index (Phi) is 4.48. The lowest BCUT2D eigenvalue weighted by atomic mass is 10.1. The summed E-state index contributed by atoms with van der Waals surface area (Å²) in [5, 5.41) is 5.59. The number of benzene rings is 1. The van der Waals surface area contributed by atoms with Gasteiger partial charge in [0.15, 0.2) is 0 Å². The van der Waals surface area contributed by atoms with Gasteiger partial charge in [0.1, 0.15) is 10.00 Å². The lowest BCUT2D eigenvalue weighted by Gasteiger charge is -2.17. The van der Waals surface area contributed by atoms with Crippen molar-refractivity contribution in [3.8, 4) is 0 Å². The molecule has 1 aromatic heterocycles. The van der Waals surface area contributed by atoms with Crippen LogP contribution >= 0.6 is 23.6 Å². The number of halogens is 3. The van der Waals surface area contributed by atoms with Crippen LogP contribution in [0.5, 0.6) is 0 Å². The van der Waals surface area contributed by atoms with Crippen LogP contribution in [0.2, 0.25) is 0 Å². The van der Waals surface area contributed by atoms with Crippen LogP contribution in [0.3, 0.4) is 0 Å². The molecule has 0 radical (unpaired) electrons. The number of thiazole rings is 1. The number of anilines is 1. The maximum absolute atomic E-state index is 13.0. The predicted molar refractivity (Wildman–Crippen MR) is 81.5 cm³/mol. The van der Waals surface area contributed by atoms with Gasteiger partial charge in [-0.25, -0.2) is 4.98 Å². The average molecular weight is 331 g/mol. The normalized spacial score (nSPS) is 13.0. The summed E-state index contributed by atoms with van der Waals surface area (Å²) in [5.74, 6) is 0. The Balaban J connectivity index is 2.32. The summed E-state index contributed by atoms with van der Waals surface area (Å²) in [6, 6.07) is 3.62. The molecule has 1 aromatic carbocycles. The smallest absolute Gasteiger partial charge is 0.389 e. The van der Waals surface area contributed by atoms with Gasteiger partial charge in [-0.3, -0.25) is 0 Å². The Morgan fingerprint density at radius 3 is 2.67 bits per heavy atom. The number of aromatic nitrogens is 1. The van der Waals surface area contributed by atoms with Crippen molar-refractivity contribution in [3.63, 3.8) is 0 Å². The highest BCUT2D eigenvalue weighted by Crippen LogP contribution is 2.34. The van der Waals surface area contributed by atoms with Crippen molar-refractivity contribution < 1.29 is 13.2 Å². The molecule has 0 amide bonds. The Morgan fingerprint density at radius 1 is 1.43 bits per heavy atom. The third kappa shape index (κ3) is 3.70. The molecular weight excluding hydrogens is 319 g/mol. The van der Waals surface area contributed by atoms with Crippen molar-refractivity contribution in [1.29, 1.82) is 0 Å². The minimum absolute atomic E-state index is 0.176. The van der Waals surface area contributed by atoms with Gasteiger partial charge in [-0.2, -0.15) is 13.2 Å². The molecule has 0 aliphatic rings. The molecule has 0 saturated heterocycles. The number of nitrogens with one attached hydrogen (secondary N) is 1. The van der Waals surface area contributed by atoms with Crippen LogP contribution in [0.15, 0.2) is 29.8 Å². The largest absolute Gasteiger partial charge is 0.417 e. The van der Waals surface area contributed by atoms with E-state index in [1.807, 2.05) is 12.3 Å².